The summed E-state index contributed by atoms with van der Waals surface area (Å²) in [4.78, 5) is 16.2. The topological polar surface area (TPSA) is 68.0 Å². The van der Waals surface area contributed by atoms with Crippen molar-refractivity contribution in [1.29, 1.82) is 0 Å². The summed E-state index contributed by atoms with van der Waals surface area (Å²) in [7, 11) is 0. The lowest BCUT2D eigenvalue weighted by Gasteiger charge is -2.03. The molecule has 2 aromatic carbocycles. The molecule has 0 radical (unpaired) electrons. The van der Waals surface area contributed by atoms with Crippen molar-refractivity contribution in [3.63, 3.8) is 0 Å². The van der Waals surface area contributed by atoms with Crippen LogP contribution in [0, 0.1) is 12.7 Å². The summed E-state index contributed by atoms with van der Waals surface area (Å²) in [5.41, 5.74) is 2.87. The number of hydrogen-bond donors (Lipinski definition) is 1. The van der Waals surface area contributed by atoms with E-state index in [1.807, 2.05) is 31.2 Å². The van der Waals surface area contributed by atoms with Gasteiger partial charge in [-0.25, -0.2) is 4.39 Å². The van der Waals surface area contributed by atoms with Crippen molar-refractivity contribution in [2.45, 2.75) is 26.3 Å². The highest BCUT2D eigenvalue weighted by molar-refractivity contribution is 5.76. The van der Waals surface area contributed by atoms with E-state index >= 15 is 0 Å². The molecule has 0 atom stereocenters. The zero-order valence-electron chi connectivity index (χ0n) is 13.8. The van der Waals surface area contributed by atoms with E-state index in [0.717, 1.165) is 16.7 Å². The Hall–Kier alpha value is -3.02. The van der Waals surface area contributed by atoms with Gasteiger partial charge in [-0.3, -0.25) is 4.79 Å². The molecule has 1 N–H and O–H groups in total. The van der Waals surface area contributed by atoms with Crippen molar-refractivity contribution in [2.75, 3.05) is 0 Å². The van der Waals surface area contributed by atoms with E-state index in [2.05, 4.69) is 15.5 Å². The van der Waals surface area contributed by atoms with Gasteiger partial charge in [-0.2, -0.15) is 4.98 Å². The number of rotatable bonds is 6. The first kappa shape index (κ1) is 16.8. The van der Waals surface area contributed by atoms with Gasteiger partial charge in [0.1, 0.15) is 5.82 Å². The third kappa shape index (κ3) is 4.50. The molecule has 0 aliphatic rings. The standard InChI is InChI=1S/C19H18FN3O2/c1-13-4-2-3-5-16(13)19-22-18(25-23-19)12-21-17(24)11-8-14-6-9-15(20)10-7-14/h2-7,9-10H,8,11-12H2,1H3,(H,21,24). The van der Waals surface area contributed by atoms with Crippen LogP contribution in [0.1, 0.15) is 23.4 Å². The van der Waals surface area contributed by atoms with Crippen LogP contribution in [-0.2, 0) is 17.8 Å². The number of amides is 1. The van der Waals surface area contributed by atoms with Gasteiger partial charge in [0.2, 0.25) is 17.6 Å². The highest BCUT2D eigenvalue weighted by atomic mass is 19.1. The number of carbonyl (C=O) groups is 1. The molecule has 5 nitrogen and oxygen atoms in total. The van der Waals surface area contributed by atoms with Gasteiger partial charge in [0, 0.05) is 12.0 Å². The molecule has 0 fully saturated rings. The van der Waals surface area contributed by atoms with Crippen LogP contribution >= 0.6 is 0 Å². The van der Waals surface area contributed by atoms with Gasteiger partial charge in [-0.1, -0.05) is 41.6 Å². The Morgan fingerprint density at radius 2 is 1.92 bits per heavy atom. The molecular formula is C19H18FN3O2. The molecule has 6 heteroatoms. The van der Waals surface area contributed by atoms with Gasteiger partial charge >= 0.3 is 0 Å². The fourth-order valence-corrected chi connectivity index (χ4v) is 2.43. The van der Waals surface area contributed by atoms with E-state index < -0.39 is 0 Å². The zero-order valence-corrected chi connectivity index (χ0v) is 13.8. The summed E-state index contributed by atoms with van der Waals surface area (Å²) in [5.74, 6) is 0.455. The number of hydrogen-bond acceptors (Lipinski definition) is 4. The fourth-order valence-electron chi connectivity index (χ4n) is 2.43. The van der Waals surface area contributed by atoms with Crippen LogP contribution in [0.25, 0.3) is 11.4 Å². The second-order valence-electron chi connectivity index (χ2n) is 5.73. The second kappa shape index (κ2) is 7.70. The first-order chi connectivity index (χ1) is 12.1. The molecule has 3 aromatic rings. The monoisotopic (exact) mass is 339 g/mol. The van der Waals surface area contributed by atoms with Crippen LogP contribution < -0.4 is 5.32 Å². The van der Waals surface area contributed by atoms with Gasteiger partial charge in [0.05, 0.1) is 6.54 Å². The molecule has 25 heavy (non-hydrogen) atoms. The van der Waals surface area contributed by atoms with Gasteiger partial charge < -0.3 is 9.84 Å². The molecule has 0 bridgehead atoms. The maximum absolute atomic E-state index is 12.8. The average Bonchev–Trinajstić information content (AvgIpc) is 3.08. The molecule has 1 amide bonds. The van der Waals surface area contributed by atoms with Crippen molar-refractivity contribution in [2.24, 2.45) is 0 Å². The minimum absolute atomic E-state index is 0.125. The van der Waals surface area contributed by atoms with E-state index in [9.17, 15) is 9.18 Å². The minimum Gasteiger partial charge on any atom is -0.347 e. The summed E-state index contributed by atoms with van der Waals surface area (Å²) in [6.07, 6.45) is 0.856. The molecule has 3 rings (SSSR count). The van der Waals surface area contributed by atoms with E-state index in [1.54, 1.807) is 12.1 Å². The van der Waals surface area contributed by atoms with Crippen LogP contribution in [-0.4, -0.2) is 16.0 Å². The Morgan fingerprint density at radius 3 is 2.68 bits per heavy atom. The van der Waals surface area contributed by atoms with Crippen molar-refractivity contribution in [3.8, 4) is 11.4 Å². The first-order valence-corrected chi connectivity index (χ1v) is 8.01. The smallest absolute Gasteiger partial charge is 0.246 e. The van der Waals surface area contributed by atoms with Gasteiger partial charge in [0.25, 0.3) is 0 Å². The quantitative estimate of drug-likeness (QED) is 0.747. The molecule has 0 aliphatic heterocycles. The Labute approximate surface area is 144 Å². The number of nitrogens with zero attached hydrogens (tertiary/aromatic N) is 2. The Morgan fingerprint density at radius 1 is 1.16 bits per heavy atom. The van der Waals surface area contributed by atoms with Crippen molar-refractivity contribution in [1.82, 2.24) is 15.5 Å². The summed E-state index contributed by atoms with van der Waals surface area (Å²) < 4.78 is 18.0. The summed E-state index contributed by atoms with van der Waals surface area (Å²) >= 11 is 0. The van der Waals surface area contributed by atoms with Crippen molar-refractivity contribution < 1.29 is 13.7 Å². The Balaban J connectivity index is 1.51. The van der Waals surface area contributed by atoms with Gasteiger partial charge in [-0.05, 0) is 36.6 Å². The minimum atomic E-state index is -0.283. The molecule has 0 saturated heterocycles. The predicted octanol–water partition coefficient (Wildman–Crippen LogP) is 3.43. The van der Waals surface area contributed by atoms with E-state index in [4.69, 9.17) is 4.52 Å². The third-order valence-electron chi connectivity index (χ3n) is 3.84. The van der Waals surface area contributed by atoms with Crippen LogP contribution in [0.3, 0.4) is 0 Å². The van der Waals surface area contributed by atoms with Crippen molar-refractivity contribution >= 4 is 5.91 Å². The predicted molar refractivity (Wildman–Crippen MR) is 91.0 cm³/mol. The molecule has 0 unspecified atom stereocenters. The number of benzene rings is 2. The molecule has 0 spiro atoms. The van der Waals surface area contributed by atoms with Gasteiger partial charge in [0.15, 0.2) is 0 Å². The highest BCUT2D eigenvalue weighted by Crippen LogP contribution is 2.19. The van der Waals surface area contributed by atoms with E-state index in [1.165, 1.54) is 12.1 Å². The number of halogens is 1. The van der Waals surface area contributed by atoms with Gasteiger partial charge in [-0.15, -0.1) is 0 Å². The normalized spacial score (nSPS) is 10.6. The summed E-state index contributed by atoms with van der Waals surface area (Å²) in [5, 5.41) is 6.70. The SMILES string of the molecule is Cc1ccccc1-c1noc(CNC(=O)CCc2ccc(F)cc2)n1. The fraction of sp³-hybridized carbons (Fsp3) is 0.211. The molecular weight excluding hydrogens is 321 g/mol. The van der Waals surface area contributed by atoms with E-state index in [-0.39, 0.29) is 18.3 Å². The van der Waals surface area contributed by atoms with Crippen molar-refractivity contribution in [3.05, 3.63) is 71.4 Å². The molecule has 0 saturated carbocycles. The first-order valence-electron chi connectivity index (χ1n) is 8.01. The molecule has 128 valence electrons. The van der Waals surface area contributed by atoms with E-state index in [0.29, 0.717) is 24.6 Å². The lowest BCUT2D eigenvalue weighted by atomic mass is 10.1. The second-order valence-corrected chi connectivity index (χ2v) is 5.73. The van der Waals surface area contributed by atoms with Crippen LogP contribution in [0.15, 0.2) is 53.1 Å². The molecule has 1 aromatic heterocycles. The van der Waals surface area contributed by atoms with Crippen LogP contribution in [0.2, 0.25) is 0 Å². The zero-order chi connectivity index (χ0) is 17.6. The summed E-state index contributed by atoms with van der Waals surface area (Å²) in [6.45, 7) is 2.16. The van der Waals surface area contributed by atoms with Crippen LogP contribution in [0.4, 0.5) is 4.39 Å². The number of aromatic nitrogens is 2. The highest BCUT2D eigenvalue weighted by Gasteiger charge is 2.11. The molecule has 0 aliphatic carbocycles. The average molecular weight is 339 g/mol. The number of nitrogens with one attached hydrogen (secondary N) is 1. The third-order valence-corrected chi connectivity index (χ3v) is 3.84. The largest absolute Gasteiger partial charge is 0.347 e. The Kier molecular flexibility index (Phi) is 5.18. The number of carbonyl (C=O) groups excluding carboxylic acids is 1. The Bertz CT molecular complexity index is 859. The number of aryl methyl sites for hydroxylation is 2. The molecule has 1 heterocycles. The maximum atomic E-state index is 12.8. The summed E-state index contributed by atoms with van der Waals surface area (Å²) in [6, 6.07) is 13.9. The maximum Gasteiger partial charge on any atom is 0.246 e. The lowest BCUT2D eigenvalue weighted by molar-refractivity contribution is -0.121. The lowest BCUT2D eigenvalue weighted by Crippen LogP contribution is -2.23. The van der Waals surface area contributed by atoms with Crippen LogP contribution in [0.5, 0.6) is 0 Å².